The lowest BCUT2D eigenvalue weighted by molar-refractivity contribution is -0.141. The maximum absolute atomic E-state index is 12.5. The first kappa shape index (κ1) is 17.2. The first-order valence-corrected chi connectivity index (χ1v) is 9.45. The molecular weight excluding hydrogens is 326 g/mol. The number of hydrogen-bond acceptors (Lipinski definition) is 4. The highest BCUT2D eigenvalue weighted by molar-refractivity contribution is 7.10. The maximum atomic E-state index is 12.5. The number of aryl methyl sites for hydroxylation is 1. The largest absolute Gasteiger partial charge is 0.378 e. The van der Waals surface area contributed by atoms with Gasteiger partial charge in [0.15, 0.2) is 0 Å². The van der Waals surface area contributed by atoms with Gasteiger partial charge >= 0.3 is 6.03 Å². The van der Waals surface area contributed by atoms with Gasteiger partial charge in [0.25, 0.3) is 0 Å². The van der Waals surface area contributed by atoms with Crippen molar-refractivity contribution in [1.82, 2.24) is 15.1 Å². The fraction of sp³-hybridized carbons (Fsp3) is 0.647. The van der Waals surface area contributed by atoms with Gasteiger partial charge in [-0.05, 0) is 36.8 Å². The molecule has 0 spiro atoms. The molecule has 0 unspecified atom stereocenters. The molecule has 2 aliphatic rings. The van der Waals surface area contributed by atoms with E-state index in [4.69, 9.17) is 4.74 Å². The Balaban J connectivity index is 1.43. The van der Waals surface area contributed by atoms with Gasteiger partial charge in [-0.2, -0.15) is 0 Å². The minimum atomic E-state index is -0.0277. The molecule has 2 fully saturated rings. The van der Waals surface area contributed by atoms with E-state index < -0.39 is 0 Å². The topological polar surface area (TPSA) is 61.9 Å². The third-order valence-corrected chi connectivity index (χ3v) is 5.85. The molecule has 132 valence electrons. The van der Waals surface area contributed by atoms with Gasteiger partial charge in [0.2, 0.25) is 5.91 Å². The summed E-state index contributed by atoms with van der Waals surface area (Å²) >= 11 is 1.66. The predicted octanol–water partition coefficient (Wildman–Crippen LogP) is 1.84. The van der Waals surface area contributed by atoms with Crippen molar-refractivity contribution in [2.75, 3.05) is 39.4 Å². The molecule has 0 aliphatic carbocycles. The molecule has 0 radical (unpaired) electrons. The Morgan fingerprint density at radius 1 is 1.21 bits per heavy atom. The standard InChI is InChI=1S/C17H25N3O3S/c1-13-4-11-24-15(13)12-18-17(22)20-5-2-14(3-6-20)16(21)19-7-9-23-10-8-19/h4,11,14H,2-3,5-10,12H2,1H3,(H,18,22). The lowest BCUT2D eigenvalue weighted by Gasteiger charge is -2.35. The molecule has 1 N–H and O–H groups in total. The minimum Gasteiger partial charge on any atom is -0.378 e. The highest BCUT2D eigenvalue weighted by Crippen LogP contribution is 2.21. The molecule has 7 heteroatoms. The van der Waals surface area contributed by atoms with E-state index in [9.17, 15) is 9.59 Å². The van der Waals surface area contributed by atoms with Crippen LogP contribution in [0.5, 0.6) is 0 Å². The second kappa shape index (κ2) is 7.98. The van der Waals surface area contributed by atoms with Gasteiger partial charge in [0.1, 0.15) is 0 Å². The molecule has 0 bridgehead atoms. The number of nitrogens with one attached hydrogen (secondary N) is 1. The van der Waals surface area contributed by atoms with Crippen molar-refractivity contribution >= 4 is 23.3 Å². The minimum absolute atomic E-state index is 0.0277. The molecule has 1 aromatic rings. The third-order valence-electron chi connectivity index (χ3n) is 4.82. The molecule has 0 atom stereocenters. The Kier molecular flexibility index (Phi) is 5.73. The monoisotopic (exact) mass is 351 g/mol. The Labute approximate surface area is 146 Å². The van der Waals surface area contributed by atoms with Gasteiger partial charge in [-0.15, -0.1) is 11.3 Å². The van der Waals surface area contributed by atoms with Gasteiger partial charge in [-0.1, -0.05) is 0 Å². The van der Waals surface area contributed by atoms with Crippen molar-refractivity contribution in [3.63, 3.8) is 0 Å². The van der Waals surface area contributed by atoms with E-state index in [1.165, 1.54) is 10.4 Å². The molecule has 3 amide bonds. The van der Waals surface area contributed by atoms with Crippen LogP contribution in [0, 0.1) is 12.8 Å². The van der Waals surface area contributed by atoms with Crippen LogP contribution in [0.25, 0.3) is 0 Å². The van der Waals surface area contributed by atoms with Crippen LogP contribution in [0.15, 0.2) is 11.4 Å². The van der Waals surface area contributed by atoms with Crippen molar-refractivity contribution < 1.29 is 14.3 Å². The average Bonchev–Trinajstić information content (AvgIpc) is 3.05. The van der Waals surface area contributed by atoms with E-state index in [0.29, 0.717) is 45.9 Å². The normalized spacial score (nSPS) is 19.4. The number of morpholine rings is 1. The second-order valence-electron chi connectivity index (χ2n) is 6.38. The number of carbonyl (C=O) groups excluding carboxylic acids is 2. The number of likely N-dealkylation sites (tertiary alicyclic amines) is 1. The number of rotatable bonds is 3. The Hall–Kier alpha value is -1.60. The smallest absolute Gasteiger partial charge is 0.317 e. The number of piperidine rings is 1. The molecule has 3 heterocycles. The van der Waals surface area contributed by atoms with Crippen LogP contribution in [0.3, 0.4) is 0 Å². The maximum Gasteiger partial charge on any atom is 0.317 e. The second-order valence-corrected chi connectivity index (χ2v) is 7.39. The number of urea groups is 1. The van der Waals surface area contributed by atoms with Crippen molar-refractivity contribution in [3.8, 4) is 0 Å². The molecule has 2 aliphatic heterocycles. The highest BCUT2D eigenvalue weighted by Gasteiger charge is 2.30. The SMILES string of the molecule is Cc1ccsc1CNC(=O)N1CCC(C(=O)N2CCOCC2)CC1. The molecule has 0 saturated carbocycles. The van der Waals surface area contributed by atoms with Crippen LogP contribution >= 0.6 is 11.3 Å². The molecule has 0 aromatic carbocycles. The predicted molar refractivity (Wildman–Crippen MR) is 93.0 cm³/mol. The van der Waals surface area contributed by atoms with Crippen molar-refractivity contribution in [2.45, 2.75) is 26.3 Å². The zero-order valence-electron chi connectivity index (χ0n) is 14.1. The van der Waals surface area contributed by atoms with Crippen molar-refractivity contribution in [1.29, 1.82) is 0 Å². The summed E-state index contributed by atoms with van der Waals surface area (Å²) in [6.07, 6.45) is 1.50. The zero-order valence-corrected chi connectivity index (χ0v) is 14.9. The van der Waals surface area contributed by atoms with Gasteiger partial charge in [-0.3, -0.25) is 4.79 Å². The van der Waals surface area contributed by atoms with Gasteiger partial charge in [0.05, 0.1) is 19.8 Å². The van der Waals surface area contributed by atoms with Gasteiger partial charge in [0, 0.05) is 37.0 Å². The molecule has 1 aromatic heterocycles. The van der Waals surface area contributed by atoms with E-state index in [1.807, 2.05) is 15.2 Å². The molecular formula is C17H25N3O3S. The van der Waals surface area contributed by atoms with E-state index >= 15 is 0 Å². The third kappa shape index (κ3) is 4.08. The summed E-state index contributed by atoms with van der Waals surface area (Å²) < 4.78 is 5.30. The summed E-state index contributed by atoms with van der Waals surface area (Å²) in [5.74, 6) is 0.277. The highest BCUT2D eigenvalue weighted by atomic mass is 32.1. The van der Waals surface area contributed by atoms with E-state index in [2.05, 4.69) is 18.3 Å². The fourth-order valence-electron chi connectivity index (χ4n) is 3.22. The number of thiophene rings is 1. The summed E-state index contributed by atoms with van der Waals surface area (Å²) in [5.41, 5.74) is 1.22. The Morgan fingerprint density at radius 2 is 1.92 bits per heavy atom. The van der Waals surface area contributed by atoms with Crippen LogP contribution in [0.1, 0.15) is 23.3 Å². The van der Waals surface area contributed by atoms with Crippen molar-refractivity contribution in [3.05, 3.63) is 21.9 Å². The summed E-state index contributed by atoms with van der Waals surface area (Å²) in [6.45, 7) is 6.59. The Morgan fingerprint density at radius 3 is 2.54 bits per heavy atom. The van der Waals surface area contributed by atoms with Gasteiger partial charge in [-0.25, -0.2) is 4.79 Å². The summed E-state index contributed by atoms with van der Waals surface area (Å²) in [4.78, 5) is 29.7. The van der Waals surface area contributed by atoms with Crippen LogP contribution in [-0.4, -0.2) is 61.1 Å². The summed E-state index contributed by atoms with van der Waals surface area (Å²) in [5, 5.41) is 5.03. The number of hydrogen-bond donors (Lipinski definition) is 1. The van der Waals surface area contributed by atoms with E-state index in [-0.39, 0.29) is 17.9 Å². The van der Waals surface area contributed by atoms with Crippen LogP contribution in [-0.2, 0) is 16.1 Å². The number of amides is 3. The summed E-state index contributed by atoms with van der Waals surface area (Å²) in [6, 6.07) is 2.04. The number of nitrogens with zero attached hydrogens (tertiary/aromatic N) is 2. The zero-order chi connectivity index (χ0) is 16.9. The van der Waals surface area contributed by atoms with Crippen LogP contribution in [0.2, 0.25) is 0 Å². The molecule has 24 heavy (non-hydrogen) atoms. The quantitative estimate of drug-likeness (QED) is 0.904. The fourth-order valence-corrected chi connectivity index (χ4v) is 4.07. The molecule has 3 rings (SSSR count). The lowest BCUT2D eigenvalue weighted by Crippen LogP contribution is -2.49. The first-order chi connectivity index (χ1) is 11.6. The number of ether oxygens (including phenoxy) is 1. The molecule has 2 saturated heterocycles. The lowest BCUT2D eigenvalue weighted by atomic mass is 9.95. The van der Waals surface area contributed by atoms with Crippen molar-refractivity contribution in [2.24, 2.45) is 5.92 Å². The average molecular weight is 351 g/mol. The number of carbonyl (C=O) groups is 2. The molecule has 6 nitrogen and oxygen atoms in total. The van der Waals surface area contributed by atoms with Gasteiger partial charge < -0.3 is 19.9 Å². The summed E-state index contributed by atoms with van der Waals surface area (Å²) in [7, 11) is 0. The first-order valence-electron chi connectivity index (χ1n) is 8.57. The van der Waals surface area contributed by atoms with Crippen LogP contribution in [0.4, 0.5) is 4.79 Å². The Bertz CT molecular complexity index is 575. The van der Waals surface area contributed by atoms with Crippen LogP contribution < -0.4 is 5.32 Å². The van der Waals surface area contributed by atoms with E-state index in [1.54, 1.807) is 11.3 Å². The van der Waals surface area contributed by atoms with E-state index in [0.717, 1.165) is 12.8 Å².